The number of carbonyl (C=O) groups excluding carboxylic acids is 1. The number of anilines is 1. The average molecular weight is 368 g/mol. The lowest BCUT2D eigenvalue weighted by Crippen LogP contribution is -2.27. The highest BCUT2D eigenvalue weighted by Gasteiger charge is 2.29. The predicted molar refractivity (Wildman–Crippen MR) is 89.9 cm³/mol. The molecule has 0 bridgehead atoms. The third kappa shape index (κ3) is 6.27. The zero-order chi connectivity index (χ0) is 19.4. The van der Waals surface area contributed by atoms with Crippen molar-refractivity contribution in [2.45, 2.75) is 39.2 Å². The molecule has 0 aliphatic carbocycles. The molecule has 5 nitrogen and oxygen atoms in total. The first-order valence-corrected chi connectivity index (χ1v) is 7.78. The molecule has 0 saturated carbocycles. The van der Waals surface area contributed by atoms with Crippen LogP contribution in [0, 0.1) is 0 Å². The number of carbonyl (C=O) groups is 1. The summed E-state index contributed by atoms with van der Waals surface area (Å²) in [6.45, 7) is 5.34. The summed E-state index contributed by atoms with van der Waals surface area (Å²) in [7, 11) is 0. The fourth-order valence-corrected chi connectivity index (χ4v) is 1.90. The summed E-state index contributed by atoms with van der Waals surface area (Å²) in [4.78, 5) is 15.7. The fraction of sp³-hybridized carbons (Fsp3) is 0.333. The van der Waals surface area contributed by atoms with Crippen LogP contribution in [0.1, 0.15) is 31.9 Å². The molecule has 26 heavy (non-hydrogen) atoms. The number of pyridine rings is 1. The van der Waals surface area contributed by atoms with E-state index in [1.54, 1.807) is 26.8 Å². The van der Waals surface area contributed by atoms with E-state index in [2.05, 4.69) is 10.3 Å². The first-order valence-electron chi connectivity index (χ1n) is 7.78. The minimum Gasteiger partial charge on any atom is -0.487 e. The van der Waals surface area contributed by atoms with Gasteiger partial charge in [-0.1, -0.05) is 12.1 Å². The Bertz CT molecular complexity index is 736. The molecule has 0 aliphatic rings. The normalized spacial score (nSPS) is 11.8. The van der Waals surface area contributed by atoms with Crippen molar-refractivity contribution in [1.82, 2.24) is 4.98 Å². The second kappa shape index (κ2) is 7.63. The summed E-state index contributed by atoms with van der Waals surface area (Å²) in [6, 6.07) is 7.84. The number of halogens is 3. The van der Waals surface area contributed by atoms with Crippen molar-refractivity contribution in [3.8, 4) is 5.75 Å². The highest BCUT2D eigenvalue weighted by atomic mass is 19.4. The monoisotopic (exact) mass is 368 g/mol. The van der Waals surface area contributed by atoms with Crippen LogP contribution in [0.3, 0.4) is 0 Å². The van der Waals surface area contributed by atoms with Crippen LogP contribution in [0.4, 0.5) is 23.8 Å². The van der Waals surface area contributed by atoms with E-state index in [4.69, 9.17) is 9.47 Å². The highest BCUT2D eigenvalue weighted by Crippen LogP contribution is 2.29. The number of nitrogens with zero attached hydrogens (tertiary/aromatic N) is 1. The van der Waals surface area contributed by atoms with Gasteiger partial charge in [0.1, 0.15) is 23.8 Å². The molecule has 140 valence electrons. The summed E-state index contributed by atoms with van der Waals surface area (Å²) in [6.07, 6.45) is -3.58. The fourth-order valence-electron chi connectivity index (χ4n) is 1.90. The Balaban J connectivity index is 1.88. The zero-order valence-corrected chi connectivity index (χ0v) is 14.6. The smallest absolute Gasteiger partial charge is 0.416 e. The third-order valence-electron chi connectivity index (χ3n) is 3.05. The van der Waals surface area contributed by atoms with Gasteiger partial charge in [0.2, 0.25) is 0 Å². The number of ether oxygens (including phenoxy) is 2. The second-order valence-electron chi connectivity index (χ2n) is 6.49. The summed E-state index contributed by atoms with van der Waals surface area (Å²) in [5.41, 5.74) is -0.733. The summed E-state index contributed by atoms with van der Waals surface area (Å²) >= 11 is 0. The molecule has 0 unspecified atom stereocenters. The van der Waals surface area contributed by atoms with E-state index in [0.29, 0.717) is 17.1 Å². The number of nitrogens with one attached hydrogen (secondary N) is 1. The van der Waals surface area contributed by atoms with Gasteiger partial charge in [-0.15, -0.1) is 0 Å². The van der Waals surface area contributed by atoms with Gasteiger partial charge >= 0.3 is 12.3 Å². The van der Waals surface area contributed by atoms with Gasteiger partial charge in [0.25, 0.3) is 0 Å². The van der Waals surface area contributed by atoms with Crippen molar-refractivity contribution in [2.24, 2.45) is 0 Å². The molecule has 0 spiro atoms. The average Bonchev–Trinajstić information content (AvgIpc) is 2.52. The Morgan fingerprint density at radius 2 is 1.73 bits per heavy atom. The van der Waals surface area contributed by atoms with E-state index in [-0.39, 0.29) is 6.61 Å². The van der Waals surface area contributed by atoms with E-state index >= 15 is 0 Å². The topological polar surface area (TPSA) is 60.5 Å². The molecule has 1 aromatic heterocycles. The van der Waals surface area contributed by atoms with Crippen LogP contribution in [0.5, 0.6) is 5.75 Å². The number of hydrogen-bond acceptors (Lipinski definition) is 4. The van der Waals surface area contributed by atoms with Crippen LogP contribution in [0.25, 0.3) is 0 Å². The first kappa shape index (κ1) is 19.6. The summed E-state index contributed by atoms with van der Waals surface area (Å²) < 4.78 is 48.1. The molecule has 0 radical (unpaired) electrons. The summed E-state index contributed by atoms with van der Waals surface area (Å²) in [5, 5.41) is 2.49. The predicted octanol–water partition coefficient (Wildman–Crippen LogP) is 5.03. The van der Waals surface area contributed by atoms with Gasteiger partial charge < -0.3 is 9.47 Å². The van der Waals surface area contributed by atoms with Crippen molar-refractivity contribution < 1.29 is 27.4 Å². The number of hydrogen-bond donors (Lipinski definition) is 1. The Morgan fingerprint density at radius 1 is 1.08 bits per heavy atom. The maximum atomic E-state index is 12.5. The van der Waals surface area contributed by atoms with Gasteiger partial charge in [-0.25, -0.2) is 9.78 Å². The highest BCUT2D eigenvalue weighted by molar-refractivity contribution is 5.83. The number of amides is 1. The molecule has 0 saturated heterocycles. The molecule has 8 heteroatoms. The van der Waals surface area contributed by atoms with Gasteiger partial charge in [0.05, 0.1) is 11.8 Å². The molecule has 1 heterocycles. The molecule has 0 fully saturated rings. The molecular weight excluding hydrogens is 349 g/mol. The van der Waals surface area contributed by atoms with Gasteiger partial charge in [-0.2, -0.15) is 13.2 Å². The molecule has 0 aliphatic heterocycles. The molecule has 2 rings (SSSR count). The standard InChI is InChI=1S/C18H19F3N2O3/c1-17(2,3)26-16(24)23-15-9-8-14(10-22-15)25-11-12-4-6-13(7-5-12)18(19,20)21/h4-10H,11H2,1-3H3,(H,22,23,24). The third-order valence-corrected chi connectivity index (χ3v) is 3.05. The van der Waals surface area contributed by atoms with E-state index in [0.717, 1.165) is 12.1 Å². The van der Waals surface area contributed by atoms with Gasteiger partial charge in [0, 0.05) is 0 Å². The number of alkyl halides is 3. The van der Waals surface area contributed by atoms with E-state index in [9.17, 15) is 18.0 Å². The second-order valence-corrected chi connectivity index (χ2v) is 6.49. The molecule has 0 atom stereocenters. The van der Waals surface area contributed by atoms with Crippen molar-refractivity contribution >= 4 is 11.9 Å². The van der Waals surface area contributed by atoms with Gasteiger partial charge in [-0.3, -0.25) is 5.32 Å². The first-order chi connectivity index (χ1) is 12.0. The van der Waals surface area contributed by atoms with Gasteiger partial charge in [0.15, 0.2) is 0 Å². The van der Waals surface area contributed by atoms with Crippen LogP contribution < -0.4 is 10.1 Å². The Kier molecular flexibility index (Phi) is 5.74. The van der Waals surface area contributed by atoms with Crippen LogP contribution in [0.2, 0.25) is 0 Å². The van der Waals surface area contributed by atoms with Crippen molar-refractivity contribution in [2.75, 3.05) is 5.32 Å². The number of rotatable bonds is 4. The molecule has 1 amide bonds. The van der Waals surface area contributed by atoms with Crippen LogP contribution in [-0.4, -0.2) is 16.7 Å². The Labute approximate surface area is 149 Å². The Morgan fingerprint density at radius 3 is 2.23 bits per heavy atom. The van der Waals surface area contributed by atoms with Crippen LogP contribution in [0.15, 0.2) is 42.6 Å². The van der Waals surface area contributed by atoms with Crippen LogP contribution >= 0.6 is 0 Å². The maximum Gasteiger partial charge on any atom is 0.416 e. The van der Waals surface area contributed by atoms with Crippen molar-refractivity contribution in [3.05, 3.63) is 53.7 Å². The minimum absolute atomic E-state index is 0.0959. The maximum absolute atomic E-state index is 12.5. The molecule has 1 N–H and O–H groups in total. The lowest BCUT2D eigenvalue weighted by atomic mass is 10.1. The van der Waals surface area contributed by atoms with E-state index in [1.165, 1.54) is 24.4 Å². The van der Waals surface area contributed by atoms with E-state index in [1.807, 2.05) is 0 Å². The zero-order valence-electron chi connectivity index (χ0n) is 14.6. The lowest BCUT2D eigenvalue weighted by molar-refractivity contribution is -0.137. The molecule has 2 aromatic rings. The summed E-state index contributed by atoms with van der Waals surface area (Å²) in [5.74, 6) is 0.709. The lowest BCUT2D eigenvalue weighted by Gasteiger charge is -2.19. The largest absolute Gasteiger partial charge is 0.487 e. The quantitative estimate of drug-likeness (QED) is 0.823. The minimum atomic E-state index is -4.36. The van der Waals surface area contributed by atoms with Crippen molar-refractivity contribution in [3.63, 3.8) is 0 Å². The van der Waals surface area contributed by atoms with E-state index < -0.39 is 23.4 Å². The Hall–Kier alpha value is -2.77. The molecular formula is C18H19F3N2O3. The molecule has 1 aromatic carbocycles. The van der Waals surface area contributed by atoms with Crippen molar-refractivity contribution in [1.29, 1.82) is 0 Å². The number of benzene rings is 1. The number of aromatic nitrogens is 1. The van der Waals surface area contributed by atoms with Crippen LogP contribution in [-0.2, 0) is 17.5 Å². The van der Waals surface area contributed by atoms with Gasteiger partial charge in [-0.05, 0) is 50.6 Å². The SMILES string of the molecule is CC(C)(C)OC(=O)Nc1ccc(OCc2ccc(C(F)(F)F)cc2)cn1.